The van der Waals surface area contributed by atoms with Crippen LogP contribution >= 0.6 is 0 Å². The van der Waals surface area contributed by atoms with E-state index in [0.717, 1.165) is 38.5 Å². The number of guanidine groups is 1. The summed E-state index contributed by atoms with van der Waals surface area (Å²) < 4.78 is 6.01. The van der Waals surface area contributed by atoms with Crippen molar-refractivity contribution in [2.24, 2.45) is 4.99 Å². The molecule has 0 radical (unpaired) electrons. The van der Waals surface area contributed by atoms with E-state index in [2.05, 4.69) is 22.5 Å². The number of unbranched alkanes of at least 4 members (excludes halogenated alkanes) is 1. The van der Waals surface area contributed by atoms with Crippen LogP contribution in [0.3, 0.4) is 0 Å². The van der Waals surface area contributed by atoms with Crippen LogP contribution in [-0.2, 0) is 4.74 Å². The third-order valence-electron chi connectivity index (χ3n) is 4.24. The normalized spacial score (nSPS) is 21.1. The molecule has 0 aliphatic heterocycles. The molecule has 122 valence electrons. The minimum absolute atomic E-state index is 0.532. The second-order valence-electron chi connectivity index (χ2n) is 6.37. The Bertz CT molecular complexity index is 294. The second-order valence-corrected chi connectivity index (χ2v) is 6.37. The molecule has 0 aromatic heterocycles. The van der Waals surface area contributed by atoms with E-state index in [9.17, 15) is 0 Å². The van der Waals surface area contributed by atoms with Gasteiger partial charge in [-0.3, -0.25) is 4.99 Å². The van der Waals surface area contributed by atoms with Gasteiger partial charge in [-0.25, -0.2) is 0 Å². The van der Waals surface area contributed by atoms with Crippen molar-refractivity contribution >= 4 is 5.96 Å². The van der Waals surface area contributed by atoms with Crippen LogP contribution in [0.15, 0.2) is 4.99 Å². The summed E-state index contributed by atoms with van der Waals surface area (Å²) in [5.41, 5.74) is 0. The maximum atomic E-state index is 6.01. The minimum Gasteiger partial charge on any atom is -0.378 e. The van der Waals surface area contributed by atoms with Crippen LogP contribution in [0.4, 0.5) is 0 Å². The highest BCUT2D eigenvalue weighted by molar-refractivity contribution is 5.80. The molecule has 4 heteroatoms. The minimum atomic E-state index is 0.532. The molecule has 2 saturated carbocycles. The predicted molar refractivity (Wildman–Crippen MR) is 88.8 cm³/mol. The molecule has 0 bridgehead atoms. The van der Waals surface area contributed by atoms with Gasteiger partial charge < -0.3 is 15.4 Å². The van der Waals surface area contributed by atoms with Gasteiger partial charge in [0.1, 0.15) is 0 Å². The van der Waals surface area contributed by atoms with Crippen molar-refractivity contribution in [2.45, 2.75) is 83.3 Å². The van der Waals surface area contributed by atoms with Gasteiger partial charge in [-0.1, -0.05) is 25.7 Å². The van der Waals surface area contributed by atoms with E-state index in [1.54, 1.807) is 0 Å². The Balaban J connectivity index is 1.51. The van der Waals surface area contributed by atoms with Crippen LogP contribution in [0.25, 0.3) is 0 Å². The Morgan fingerprint density at radius 1 is 1.05 bits per heavy atom. The Hall–Kier alpha value is -0.770. The van der Waals surface area contributed by atoms with E-state index < -0.39 is 0 Å². The lowest BCUT2D eigenvalue weighted by Crippen LogP contribution is -2.38. The fourth-order valence-corrected chi connectivity index (χ4v) is 2.80. The zero-order chi connectivity index (χ0) is 14.8. The highest BCUT2D eigenvalue weighted by Crippen LogP contribution is 2.20. The van der Waals surface area contributed by atoms with E-state index in [1.807, 2.05) is 0 Å². The molecule has 0 saturated heterocycles. The fourth-order valence-electron chi connectivity index (χ4n) is 2.80. The van der Waals surface area contributed by atoms with Gasteiger partial charge in [0, 0.05) is 25.7 Å². The highest BCUT2D eigenvalue weighted by atomic mass is 16.5. The first-order valence-corrected chi connectivity index (χ1v) is 9.05. The molecule has 0 unspecified atom stereocenters. The van der Waals surface area contributed by atoms with Gasteiger partial charge in [0.25, 0.3) is 0 Å². The molecule has 0 aromatic carbocycles. The smallest absolute Gasteiger partial charge is 0.191 e. The van der Waals surface area contributed by atoms with Crippen LogP contribution < -0.4 is 10.6 Å². The van der Waals surface area contributed by atoms with Gasteiger partial charge in [-0.2, -0.15) is 0 Å². The molecular weight excluding hydrogens is 262 g/mol. The third-order valence-corrected chi connectivity index (χ3v) is 4.24. The first kappa shape index (κ1) is 16.6. The van der Waals surface area contributed by atoms with E-state index >= 15 is 0 Å². The van der Waals surface area contributed by atoms with Crippen LogP contribution in [0.1, 0.15) is 71.1 Å². The van der Waals surface area contributed by atoms with Gasteiger partial charge in [0.05, 0.1) is 6.10 Å². The summed E-state index contributed by atoms with van der Waals surface area (Å²) >= 11 is 0. The summed E-state index contributed by atoms with van der Waals surface area (Å²) in [6.07, 6.45) is 13.4. The molecule has 2 rings (SSSR count). The van der Waals surface area contributed by atoms with E-state index in [1.165, 1.54) is 51.4 Å². The molecule has 0 aromatic rings. The summed E-state index contributed by atoms with van der Waals surface area (Å²) in [5.74, 6) is 0.990. The molecule has 2 N–H and O–H groups in total. The molecule has 4 nitrogen and oxygen atoms in total. The molecule has 0 atom stereocenters. The van der Waals surface area contributed by atoms with Gasteiger partial charge in [0.2, 0.25) is 0 Å². The maximum absolute atomic E-state index is 6.01. The van der Waals surface area contributed by atoms with Crippen molar-refractivity contribution in [1.29, 1.82) is 0 Å². The summed E-state index contributed by atoms with van der Waals surface area (Å²) in [5, 5.41) is 6.76. The second kappa shape index (κ2) is 10.0. The number of nitrogens with one attached hydrogen (secondary N) is 2. The van der Waals surface area contributed by atoms with E-state index in [4.69, 9.17) is 4.74 Å². The van der Waals surface area contributed by atoms with E-state index in [0.29, 0.717) is 12.1 Å². The molecule has 2 aliphatic rings. The van der Waals surface area contributed by atoms with Crippen molar-refractivity contribution < 1.29 is 4.74 Å². The lowest BCUT2D eigenvalue weighted by atomic mass is 10.1. The lowest BCUT2D eigenvalue weighted by Gasteiger charge is -2.15. The van der Waals surface area contributed by atoms with Gasteiger partial charge in [-0.05, 0) is 45.4 Å². The third kappa shape index (κ3) is 7.70. The largest absolute Gasteiger partial charge is 0.378 e. The first-order chi connectivity index (χ1) is 10.4. The number of ether oxygens (including phenoxy) is 1. The molecule has 0 amide bonds. The van der Waals surface area contributed by atoms with Gasteiger partial charge in [0.15, 0.2) is 5.96 Å². The summed E-state index contributed by atoms with van der Waals surface area (Å²) in [6, 6.07) is 0.668. The summed E-state index contributed by atoms with van der Waals surface area (Å²) in [7, 11) is 0. The lowest BCUT2D eigenvalue weighted by molar-refractivity contribution is 0.0413. The number of rotatable bonds is 8. The van der Waals surface area contributed by atoms with Gasteiger partial charge in [-0.15, -0.1) is 0 Å². The highest BCUT2D eigenvalue weighted by Gasteiger charge is 2.21. The Morgan fingerprint density at radius 3 is 2.48 bits per heavy atom. The maximum Gasteiger partial charge on any atom is 0.191 e. The zero-order valence-electron chi connectivity index (χ0n) is 13.7. The SMILES string of the molecule is CCNC(=NCCCCOC1CCCCCC1)NC1CC1. The average Bonchev–Trinajstić information content (AvgIpc) is 3.30. The van der Waals surface area contributed by atoms with Crippen molar-refractivity contribution in [2.75, 3.05) is 19.7 Å². The van der Waals surface area contributed by atoms with Gasteiger partial charge >= 0.3 is 0 Å². The monoisotopic (exact) mass is 295 g/mol. The molecular formula is C17H33N3O. The van der Waals surface area contributed by atoms with Crippen molar-refractivity contribution in [3.8, 4) is 0 Å². The molecule has 2 fully saturated rings. The van der Waals surface area contributed by atoms with Crippen molar-refractivity contribution in [3.63, 3.8) is 0 Å². The van der Waals surface area contributed by atoms with Crippen LogP contribution in [0.5, 0.6) is 0 Å². The topological polar surface area (TPSA) is 45.7 Å². The first-order valence-electron chi connectivity index (χ1n) is 9.05. The quantitative estimate of drug-likeness (QED) is 0.313. The number of hydrogen-bond donors (Lipinski definition) is 2. The molecule has 0 heterocycles. The summed E-state index contributed by atoms with van der Waals surface area (Å²) in [6.45, 7) is 4.86. The standard InChI is InChI=1S/C17H33N3O/c1-2-18-17(20-15-11-12-15)19-13-7-8-14-21-16-9-5-3-4-6-10-16/h15-16H,2-14H2,1H3,(H2,18,19,20). The number of hydrogen-bond acceptors (Lipinski definition) is 2. The average molecular weight is 295 g/mol. The fraction of sp³-hybridized carbons (Fsp3) is 0.941. The molecule has 21 heavy (non-hydrogen) atoms. The summed E-state index contributed by atoms with van der Waals surface area (Å²) in [4.78, 5) is 4.63. The van der Waals surface area contributed by atoms with Crippen molar-refractivity contribution in [1.82, 2.24) is 10.6 Å². The molecule has 2 aliphatic carbocycles. The number of aliphatic imine (C=N–C) groups is 1. The predicted octanol–water partition coefficient (Wildman–Crippen LogP) is 3.22. The van der Waals surface area contributed by atoms with Crippen LogP contribution in [0.2, 0.25) is 0 Å². The van der Waals surface area contributed by atoms with Crippen LogP contribution in [-0.4, -0.2) is 37.8 Å². The van der Waals surface area contributed by atoms with E-state index in [-0.39, 0.29) is 0 Å². The zero-order valence-corrected chi connectivity index (χ0v) is 13.7. The Labute approximate surface area is 130 Å². The Kier molecular flexibility index (Phi) is 7.94. The molecule has 0 spiro atoms. The number of nitrogens with zero attached hydrogens (tertiary/aromatic N) is 1. The van der Waals surface area contributed by atoms with Crippen molar-refractivity contribution in [3.05, 3.63) is 0 Å². The Morgan fingerprint density at radius 2 is 1.81 bits per heavy atom. The van der Waals surface area contributed by atoms with Crippen LogP contribution in [0, 0.1) is 0 Å².